The highest BCUT2D eigenvalue weighted by molar-refractivity contribution is 6.65. The van der Waals surface area contributed by atoms with Crippen LogP contribution in [-0.2, 0) is 4.74 Å². The van der Waals surface area contributed by atoms with Crippen LogP contribution in [0.4, 0.5) is 0 Å². The van der Waals surface area contributed by atoms with Gasteiger partial charge >= 0.3 is 0 Å². The van der Waals surface area contributed by atoms with E-state index in [9.17, 15) is 4.79 Å². The highest BCUT2D eigenvalue weighted by Gasteiger charge is 2.39. The predicted molar refractivity (Wildman–Crippen MR) is 92.5 cm³/mol. The van der Waals surface area contributed by atoms with Crippen LogP contribution in [0, 0.1) is 5.41 Å². The summed E-state index contributed by atoms with van der Waals surface area (Å²) in [5.74, 6) is 1.71. The van der Waals surface area contributed by atoms with Crippen LogP contribution in [0.3, 0.4) is 0 Å². The molecule has 126 valence electrons. The van der Waals surface area contributed by atoms with E-state index in [0.29, 0.717) is 19.0 Å². The van der Waals surface area contributed by atoms with Gasteiger partial charge < -0.3 is 14.2 Å². The van der Waals surface area contributed by atoms with Gasteiger partial charge in [0, 0.05) is 24.3 Å². The molecule has 2 heterocycles. The lowest BCUT2D eigenvalue weighted by atomic mass is 9.86. The van der Waals surface area contributed by atoms with E-state index in [0.717, 1.165) is 36.6 Å². The first-order valence-electron chi connectivity index (χ1n) is 8.48. The summed E-state index contributed by atoms with van der Waals surface area (Å²) in [5, 5.41) is 0. The smallest absolute Gasteiger partial charge is 0.163 e. The Hall–Kier alpha value is -1.33. The highest BCUT2D eigenvalue weighted by atomic mass is 28.3. The van der Waals surface area contributed by atoms with Gasteiger partial charge in [0.1, 0.15) is 13.2 Å². The number of hydrogen-bond donors (Lipinski definition) is 0. The number of Topliss-reactive ketones (excluding diaryl/α,β-unsaturated/α-hetero) is 1. The number of ketones is 1. The maximum atomic E-state index is 13.3. The third kappa shape index (κ3) is 3.61. The SMILES string of the molecule is CC(C)(C)C(C(=O)c1ccc2c(c1)OCCO2)[SiH]1CCOCC1. The van der Waals surface area contributed by atoms with Crippen LogP contribution in [-0.4, -0.2) is 41.0 Å². The minimum Gasteiger partial charge on any atom is -0.486 e. The van der Waals surface area contributed by atoms with Gasteiger partial charge in [0.25, 0.3) is 0 Å². The molecule has 2 aliphatic rings. The molecule has 3 rings (SSSR count). The molecule has 1 aromatic rings. The molecule has 1 unspecified atom stereocenters. The molecular formula is C18H26O4Si. The van der Waals surface area contributed by atoms with E-state index >= 15 is 0 Å². The molecule has 0 bridgehead atoms. The third-order valence-corrected chi connectivity index (χ3v) is 8.98. The first-order chi connectivity index (χ1) is 11.0. The summed E-state index contributed by atoms with van der Waals surface area (Å²) in [5.41, 5.74) is 0.876. The van der Waals surface area contributed by atoms with Gasteiger partial charge in [-0.15, -0.1) is 0 Å². The van der Waals surface area contributed by atoms with Crippen LogP contribution >= 0.6 is 0 Å². The van der Waals surface area contributed by atoms with Crippen molar-refractivity contribution in [2.24, 2.45) is 5.41 Å². The summed E-state index contributed by atoms with van der Waals surface area (Å²) in [6.07, 6.45) is 0. The minimum absolute atomic E-state index is 0.0153. The Morgan fingerprint density at radius 3 is 2.35 bits per heavy atom. The van der Waals surface area contributed by atoms with Crippen molar-refractivity contribution in [3.05, 3.63) is 23.8 Å². The van der Waals surface area contributed by atoms with Gasteiger partial charge in [-0.3, -0.25) is 4.79 Å². The van der Waals surface area contributed by atoms with Gasteiger partial charge in [0.2, 0.25) is 0 Å². The zero-order valence-electron chi connectivity index (χ0n) is 14.3. The summed E-state index contributed by atoms with van der Waals surface area (Å²) >= 11 is 0. The van der Waals surface area contributed by atoms with Gasteiger partial charge in [0.15, 0.2) is 17.3 Å². The summed E-state index contributed by atoms with van der Waals surface area (Å²) in [4.78, 5) is 13.3. The van der Waals surface area contributed by atoms with E-state index in [1.165, 1.54) is 0 Å². The van der Waals surface area contributed by atoms with E-state index in [1.807, 2.05) is 18.2 Å². The maximum Gasteiger partial charge on any atom is 0.163 e. The summed E-state index contributed by atoms with van der Waals surface area (Å²) in [6.45, 7) is 9.32. The van der Waals surface area contributed by atoms with E-state index in [-0.39, 0.29) is 16.7 Å². The first kappa shape index (κ1) is 16.5. The monoisotopic (exact) mass is 334 g/mol. The second-order valence-electron chi connectivity index (χ2n) is 7.52. The quantitative estimate of drug-likeness (QED) is 0.628. The fraction of sp³-hybridized carbons (Fsp3) is 0.611. The normalized spacial score (nSPS) is 20.1. The van der Waals surface area contributed by atoms with Crippen LogP contribution in [0.15, 0.2) is 18.2 Å². The Balaban J connectivity index is 1.88. The molecule has 0 radical (unpaired) electrons. The van der Waals surface area contributed by atoms with Gasteiger partial charge in [0.05, 0.1) is 8.80 Å². The molecular weight excluding hydrogens is 308 g/mol. The standard InChI is InChI=1S/C18H26O4Si/c1-18(2,3)17(23-10-8-20-9-11-23)16(19)13-4-5-14-15(12-13)22-7-6-21-14/h4-5,12,17,23H,6-11H2,1-3H3. The van der Waals surface area contributed by atoms with Gasteiger partial charge in [-0.25, -0.2) is 0 Å². The molecule has 1 atom stereocenters. The maximum absolute atomic E-state index is 13.3. The van der Waals surface area contributed by atoms with Crippen LogP contribution in [0.25, 0.3) is 0 Å². The molecule has 1 aromatic carbocycles. The number of benzene rings is 1. The Morgan fingerprint density at radius 1 is 1.04 bits per heavy atom. The fourth-order valence-corrected chi connectivity index (χ4v) is 7.67. The zero-order valence-corrected chi connectivity index (χ0v) is 15.4. The van der Waals surface area contributed by atoms with E-state index in [2.05, 4.69) is 20.8 Å². The van der Waals surface area contributed by atoms with Crippen molar-refractivity contribution in [3.63, 3.8) is 0 Å². The number of hydrogen-bond acceptors (Lipinski definition) is 4. The number of carbonyl (C=O) groups excluding carboxylic acids is 1. The van der Waals surface area contributed by atoms with E-state index < -0.39 is 8.80 Å². The molecule has 1 saturated heterocycles. The first-order valence-corrected chi connectivity index (χ1v) is 10.8. The number of ether oxygens (including phenoxy) is 3. The molecule has 0 aliphatic carbocycles. The van der Waals surface area contributed by atoms with Crippen molar-refractivity contribution in [3.8, 4) is 11.5 Å². The molecule has 1 fully saturated rings. The Labute approximate surface area is 139 Å². The largest absolute Gasteiger partial charge is 0.486 e. The average molecular weight is 334 g/mol. The fourth-order valence-electron chi connectivity index (χ4n) is 3.74. The molecule has 0 N–H and O–H groups in total. The predicted octanol–water partition coefficient (Wildman–Crippen LogP) is 3.31. The molecule has 0 saturated carbocycles. The molecule has 4 nitrogen and oxygen atoms in total. The van der Waals surface area contributed by atoms with Gasteiger partial charge in [-0.2, -0.15) is 0 Å². The molecule has 0 aromatic heterocycles. The minimum atomic E-state index is -1.17. The average Bonchev–Trinajstić information content (AvgIpc) is 2.54. The van der Waals surface area contributed by atoms with Crippen molar-refractivity contribution in [1.29, 1.82) is 0 Å². The molecule has 23 heavy (non-hydrogen) atoms. The van der Waals surface area contributed by atoms with Crippen LogP contribution < -0.4 is 9.47 Å². The van der Waals surface area contributed by atoms with E-state index in [4.69, 9.17) is 14.2 Å². The van der Waals surface area contributed by atoms with Crippen molar-refractivity contribution >= 4 is 14.6 Å². The van der Waals surface area contributed by atoms with Crippen molar-refractivity contribution in [1.82, 2.24) is 0 Å². The lowest BCUT2D eigenvalue weighted by Crippen LogP contribution is -2.39. The lowest BCUT2D eigenvalue weighted by molar-refractivity contribution is 0.0928. The van der Waals surface area contributed by atoms with Crippen LogP contribution in [0.1, 0.15) is 31.1 Å². The second-order valence-corrected chi connectivity index (χ2v) is 10.9. The van der Waals surface area contributed by atoms with Gasteiger partial charge in [-0.05, 0) is 35.7 Å². The second kappa shape index (κ2) is 6.65. The van der Waals surface area contributed by atoms with Crippen molar-refractivity contribution < 1.29 is 19.0 Å². The zero-order chi connectivity index (χ0) is 16.4. The summed E-state index contributed by atoms with van der Waals surface area (Å²) in [7, 11) is -1.17. The molecule has 0 spiro atoms. The third-order valence-electron chi connectivity index (χ3n) is 4.78. The van der Waals surface area contributed by atoms with Crippen molar-refractivity contribution in [2.45, 2.75) is 38.4 Å². The van der Waals surface area contributed by atoms with Gasteiger partial charge in [-0.1, -0.05) is 20.8 Å². The molecule has 5 heteroatoms. The molecule has 0 amide bonds. The number of rotatable bonds is 3. The highest BCUT2D eigenvalue weighted by Crippen LogP contribution is 2.41. The summed E-state index contributed by atoms with van der Waals surface area (Å²) in [6, 6.07) is 7.81. The lowest BCUT2D eigenvalue weighted by Gasteiger charge is -2.37. The Bertz CT molecular complexity index is 573. The molecule has 2 aliphatic heterocycles. The van der Waals surface area contributed by atoms with Crippen molar-refractivity contribution in [2.75, 3.05) is 26.4 Å². The Kier molecular flexibility index (Phi) is 4.78. The van der Waals surface area contributed by atoms with Crippen LogP contribution in [0.5, 0.6) is 11.5 Å². The number of carbonyl (C=O) groups is 1. The topological polar surface area (TPSA) is 44.8 Å². The Morgan fingerprint density at radius 2 is 1.70 bits per heavy atom. The van der Waals surface area contributed by atoms with Crippen LogP contribution in [0.2, 0.25) is 17.6 Å². The number of fused-ring (bicyclic) bond motifs is 1. The van der Waals surface area contributed by atoms with E-state index in [1.54, 1.807) is 0 Å². The summed E-state index contributed by atoms with van der Waals surface area (Å²) < 4.78 is 16.7.